The minimum atomic E-state index is -0.502. The number of aryl methyl sites for hydroxylation is 1. The smallest absolute Gasteiger partial charge is 0.357 e. The van der Waals surface area contributed by atoms with E-state index in [1.165, 1.54) is 7.11 Å². The average molecular weight is 433 g/mol. The van der Waals surface area contributed by atoms with E-state index in [0.717, 1.165) is 0 Å². The number of ether oxygens (including phenoxy) is 2. The Morgan fingerprint density at radius 3 is 2.61 bits per heavy atom. The monoisotopic (exact) mass is 433 g/mol. The number of carbonyl (C=O) groups excluding carboxylic acids is 2. The number of carbonyl (C=O) groups is 2. The molecule has 23 heavy (non-hydrogen) atoms. The molecule has 0 N–H and O–H groups in total. The lowest BCUT2D eigenvalue weighted by atomic mass is 9.97. The highest BCUT2D eigenvalue weighted by molar-refractivity contribution is 14.1. The zero-order chi connectivity index (χ0) is 17.0. The molecule has 7 nitrogen and oxygen atoms in total. The van der Waals surface area contributed by atoms with Crippen molar-refractivity contribution in [1.29, 1.82) is 0 Å². The van der Waals surface area contributed by atoms with Crippen LogP contribution in [0.4, 0.5) is 5.95 Å². The molecule has 1 aromatic heterocycles. The first-order chi connectivity index (χ1) is 10.9. The highest BCUT2D eigenvalue weighted by Gasteiger charge is 2.40. The SMILES string of the molecule is CCOC(=O)c1nc(N2CCC(I)(C(=O)OC)CC2)ncc1C. The number of rotatable bonds is 4. The van der Waals surface area contributed by atoms with Gasteiger partial charge in [0.15, 0.2) is 5.69 Å². The molecule has 1 fully saturated rings. The molecular formula is C15H20IN3O4. The molecule has 0 unspecified atom stereocenters. The maximum atomic E-state index is 11.9. The predicted octanol–water partition coefficient (Wildman–Crippen LogP) is 1.91. The lowest BCUT2D eigenvalue weighted by molar-refractivity contribution is -0.143. The van der Waals surface area contributed by atoms with Crippen LogP contribution in [0.2, 0.25) is 0 Å². The molecule has 2 rings (SSSR count). The highest BCUT2D eigenvalue weighted by atomic mass is 127. The molecule has 0 radical (unpaired) electrons. The Hall–Kier alpha value is -1.45. The minimum absolute atomic E-state index is 0.199. The standard InChI is InChI=1S/C15H20IN3O4/c1-4-23-12(20)11-10(2)9-17-14(18-11)19-7-5-15(16,6-8-19)13(21)22-3/h9H,4-8H2,1-3H3. The van der Waals surface area contributed by atoms with Crippen LogP contribution >= 0.6 is 22.6 Å². The van der Waals surface area contributed by atoms with Crippen molar-refractivity contribution in [3.05, 3.63) is 17.5 Å². The average Bonchev–Trinajstić information content (AvgIpc) is 2.55. The van der Waals surface area contributed by atoms with Crippen LogP contribution in [0.25, 0.3) is 0 Å². The molecule has 0 aromatic carbocycles. The van der Waals surface area contributed by atoms with Gasteiger partial charge in [-0.15, -0.1) is 0 Å². The van der Waals surface area contributed by atoms with E-state index in [9.17, 15) is 9.59 Å². The topological polar surface area (TPSA) is 81.6 Å². The van der Waals surface area contributed by atoms with Crippen molar-refractivity contribution >= 4 is 40.5 Å². The van der Waals surface area contributed by atoms with Gasteiger partial charge in [-0.2, -0.15) is 0 Å². The van der Waals surface area contributed by atoms with Gasteiger partial charge in [-0.05, 0) is 26.7 Å². The van der Waals surface area contributed by atoms with Gasteiger partial charge in [0, 0.05) is 24.8 Å². The van der Waals surface area contributed by atoms with E-state index >= 15 is 0 Å². The second-order valence-electron chi connectivity index (χ2n) is 5.37. The number of anilines is 1. The van der Waals surface area contributed by atoms with Gasteiger partial charge in [0.1, 0.15) is 3.42 Å². The summed E-state index contributed by atoms with van der Waals surface area (Å²) in [6, 6.07) is 0. The quantitative estimate of drug-likeness (QED) is 0.408. The van der Waals surface area contributed by atoms with Crippen LogP contribution in [-0.2, 0) is 14.3 Å². The summed E-state index contributed by atoms with van der Waals surface area (Å²) in [5.74, 6) is -0.153. The molecule has 0 aliphatic carbocycles. The lowest BCUT2D eigenvalue weighted by Crippen LogP contribution is -2.46. The fraction of sp³-hybridized carbons (Fsp3) is 0.600. The van der Waals surface area contributed by atoms with E-state index in [-0.39, 0.29) is 11.7 Å². The Kier molecular flexibility index (Phi) is 5.77. The summed E-state index contributed by atoms with van der Waals surface area (Å²) in [4.78, 5) is 34.4. The van der Waals surface area contributed by atoms with Crippen molar-refractivity contribution in [1.82, 2.24) is 9.97 Å². The van der Waals surface area contributed by atoms with Gasteiger partial charge in [0.25, 0.3) is 0 Å². The number of methoxy groups -OCH3 is 1. The first-order valence-corrected chi connectivity index (χ1v) is 8.52. The van der Waals surface area contributed by atoms with Gasteiger partial charge >= 0.3 is 11.9 Å². The van der Waals surface area contributed by atoms with Gasteiger partial charge in [-0.25, -0.2) is 14.8 Å². The Morgan fingerprint density at radius 1 is 1.39 bits per heavy atom. The molecule has 2 heterocycles. The second-order valence-corrected chi connectivity index (χ2v) is 7.43. The first-order valence-electron chi connectivity index (χ1n) is 7.44. The third kappa shape index (κ3) is 3.91. The van der Waals surface area contributed by atoms with E-state index in [2.05, 4.69) is 32.6 Å². The van der Waals surface area contributed by atoms with Crippen molar-refractivity contribution in [3.8, 4) is 0 Å². The molecule has 126 valence electrons. The number of alkyl halides is 1. The zero-order valence-electron chi connectivity index (χ0n) is 13.5. The number of nitrogens with zero attached hydrogens (tertiary/aromatic N) is 3. The maximum absolute atomic E-state index is 11.9. The van der Waals surface area contributed by atoms with Gasteiger partial charge in [-0.3, -0.25) is 4.79 Å². The van der Waals surface area contributed by atoms with Crippen molar-refractivity contribution < 1.29 is 19.1 Å². The summed E-state index contributed by atoms with van der Waals surface area (Å²) >= 11 is 2.16. The molecule has 1 aliphatic heterocycles. The largest absolute Gasteiger partial charge is 0.468 e. The van der Waals surface area contributed by atoms with Crippen LogP contribution in [0.5, 0.6) is 0 Å². The summed E-state index contributed by atoms with van der Waals surface area (Å²) in [5, 5.41) is 0. The number of piperidine rings is 1. The fourth-order valence-corrected chi connectivity index (χ4v) is 3.14. The van der Waals surface area contributed by atoms with Crippen LogP contribution in [0.15, 0.2) is 6.20 Å². The second kappa shape index (κ2) is 7.41. The van der Waals surface area contributed by atoms with Gasteiger partial charge in [0.05, 0.1) is 13.7 Å². The van der Waals surface area contributed by atoms with E-state index < -0.39 is 9.39 Å². The molecular weight excluding hydrogens is 413 g/mol. The summed E-state index contributed by atoms with van der Waals surface area (Å²) < 4.78 is 9.39. The summed E-state index contributed by atoms with van der Waals surface area (Å²) in [6.45, 7) is 5.09. The van der Waals surface area contributed by atoms with Crippen molar-refractivity contribution in [2.24, 2.45) is 0 Å². The van der Waals surface area contributed by atoms with Crippen molar-refractivity contribution in [3.63, 3.8) is 0 Å². The van der Waals surface area contributed by atoms with Crippen LogP contribution in [-0.4, -0.2) is 52.1 Å². The number of hydrogen-bond donors (Lipinski definition) is 0. The summed E-state index contributed by atoms with van der Waals surface area (Å²) in [6.07, 6.45) is 2.92. The third-order valence-corrected chi connectivity index (χ3v) is 5.34. The fourth-order valence-electron chi connectivity index (χ4n) is 2.44. The van der Waals surface area contributed by atoms with Gasteiger partial charge in [0.2, 0.25) is 5.95 Å². The number of hydrogen-bond acceptors (Lipinski definition) is 7. The van der Waals surface area contributed by atoms with Crippen molar-refractivity contribution in [2.45, 2.75) is 30.1 Å². The summed E-state index contributed by atoms with van der Waals surface area (Å²) in [5.41, 5.74) is 0.970. The lowest BCUT2D eigenvalue weighted by Gasteiger charge is -2.36. The van der Waals surface area contributed by atoms with Crippen LogP contribution in [0.3, 0.4) is 0 Å². The number of esters is 2. The van der Waals surface area contributed by atoms with E-state index in [1.54, 1.807) is 20.0 Å². The maximum Gasteiger partial charge on any atom is 0.357 e. The molecule has 1 saturated heterocycles. The third-order valence-electron chi connectivity index (χ3n) is 3.82. The van der Waals surface area contributed by atoms with Gasteiger partial charge < -0.3 is 14.4 Å². The zero-order valence-corrected chi connectivity index (χ0v) is 15.6. The number of halogens is 1. The Balaban J connectivity index is 2.14. The van der Waals surface area contributed by atoms with Crippen LogP contribution < -0.4 is 4.90 Å². The van der Waals surface area contributed by atoms with Crippen molar-refractivity contribution in [2.75, 3.05) is 31.7 Å². The normalized spacial score (nSPS) is 16.8. The van der Waals surface area contributed by atoms with Crippen LogP contribution in [0.1, 0.15) is 35.8 Å². The highest BCUT2D eigenvalue weighted by Crippen LogP contribution is 2.34. The van der Waals surface area contributed by atoms with E-state index in [4.69, 9.17) is 9.47 Å². The molecule has 1 aliphatic rings. The van der Waals surface area contributed by atoms with Gasteiger partial charge in [-0.1, -0.05) is 22.6 Å². The number of aromatic nitrogens is 2. The molecule has 0 amide bonds. The molecule has 0 saturated carbocycles. The first kappa shape index (κ1) is 17.9. The van der Waals surface area contributed by atoms with Crippen LogP contribution in [0, 0.1) is 6.92 Å². The molecule has 0 spiro atoms. The molecule has 1 aromatic rings. The Morgan fingerprint density at radius 2 is 2.04 bits per heavy atom. The van der Waals surface area contributed by atoms with E-state index in [0.29, 0.717) is 44.0 Å². The molecule has 0 bridgehead atoms. The van der Waals surface area contributed by atoms with E-state index in [1.807, 2.05) is 4.90 Å². The molecule has 0 atom stereocenters. The Bertz CT molecular complexity index is 600. The predicted molar refractivity (Wildman–Crippen MR) is 92.9 cm³/mol. The Labute approximate surface area is 148 Å². The summed E-state index contributed by atoms with van der Waals surface area (Å²) in [7, 11) is 1.41. The minimum Gasteiger partial charge on any atom is -0.468 e. The molecule has 8 heteroatoms.